The van der Waals surface area contributed by atoms with Gasteiger partial charge in [-0.25, -0.2) is 9.97 Å². The molecule has 3 rings (SSSR count). The number of anilines is 2. The van der Waals surface area contributed by atoms with Crippen LogP contribution in [0.4, 0.5) is 11.5 Å². The first kappa shape index (κ1) is 17.0. The van der Waals surface area contributed by atoms with Crippen molar-refractivity contribution in [2.24, 2.45) is 0 Å². The van der Waals surface area contributed by atoms with Crippen molar-refractivity contribution < 1.29 is 0 Å². The molecule has 0 aliphatic heterocycles. The van der Waals surface area contributed by atoms with E-state index in [1.165, 1.54) is 25.7 Å². The van der Waals surface area contributed by atoms with Crippen molar-refractivity contribution >= 4 is 44.0 Å². The van der Waals surface area contributed by atoms with Gasteiger partial charge in [0.2, 0.25) is 0 Å². The predicted molar refractivity (Wildman–Crippen MR) is 106 cm³/mol. The maximum absolute atomic E-state index is 6.11. The van der Waals surface area contributed by atoms with E-state index in [1.54, 1.807) is 11.3 Å². The molecule has 0 amide bonds. The summed E-state index contributed by atoms with van der Waals surface area (Å²) in [5.41, 5.74) is 9.07. The summed E-state index contributed by atoms with van der Waals surface area (Å²) < 4.78 is 1.16. The van der Waals surface area contributed by atoms with Crippen molar-refractivity contribution in [2.45, 2.75) is 52.4 Å². The lowest BCUT2D eigenvalue weighted by Gasteiger charge is -2.08. The molecule has 0 aliphatic carbocycles. The van der Waals surface area contributed by atoms with E-state index in [0.717, 1.165) is 51.2 Å². The third kappa shape index (κ3) is 3.61. The van der Waals surface area contributed by atoms with Crippen LogP contribution in [0.25, 0.3) is 21.1 Å². The molecule has 0 bridgehead atoms. The van der Waals surface area contributed by atoms with Gasteiger partial charge < -0.3 is 11.1 Å². The van der Waals surface area contributed by atoms with Gasteiger partial charge in [0.15, 0.2) is 5.82 Å². The van der Waals surface area contributed by atoms with Crippen LogP contribution in [0.5, 0.6) is 0 Å². The highest BCUT2D eigenvalue weighted by Gasteiger charge is 2.12. The zero-order valence-electron chi connectivity index (χ0n) is 14.6. The van der Waals surface area contributed by atoms with Gasteiger partial charge >= 0.3 is 0 Å². The summed E-state index contributed by atoms with van der Waals surface area (Å²) in [6, 6.07) is 6.34. The van der Waals surface area contributed by atoms with Gasteiger partial charge in [-0.1, -0.05) is 33.1 Å². The number of aromatic nitrogens is 2. The van der Waals surface area contributed by atoms with Gasteiger partial charge in [-0.05, 0) is 37.5 Å². The number of unbranched alkanes of at least 4 members (excludes halogenated alkanes) is 3. The molecule has 24 heavy (non-hydrogen) atoms. The van der Waals surface area contributed by atoms with Gasteiger partial charge in [-0.2, -0.15) is 0 Å². The Kier molecular flexibility index (Phi) is 5.51. The van der Waals surface area contributed by atoms with Crippen LogP contribution in [0.3, 0.4) is 0 Å². The quantitative estimate of drug-likeness (QED) is 0.540. The Bertz CT molecular complexity index is 825. The Morgan fingerprint density at radius 3 is 2.75 bits per heavy atom. The smallest absolute Gasteiger partial charge is 0.151 e. The third-order valence-electron chi connectivity index (χ3n) is 4.22. The minimum atomic E-state index is 0.538. The van der Waals surface area contributed by atoms with E-state index in [9.17, 15) is 0 Å². The average molecular weight is 343 g/mol. The molecule has 0 spiro atoms. The molecule has 3 N–H and O–H groups in total. The van der Waals surface area contributed by atoms with E-state index in [4.69, 9.17) is 5.73 Å². The molecule has 128 valence electrons. The molecule has 4 nitrogen and oxygen atoms in total. The van der Waals surface area contributed by atoms with Crippen LogP contribution in [-0.2, 0) is 6.42 Å². The van der Waals surface area contributed by atoms with Gasteiger partial charge in [-0.15, -0.1) is 11.3 Å². The maximum Gasteiger partial charge on any atom is 0.151 e. The van der Waals surface area contributed by atoms with Gasteiger partial charge in [0.05, 0.1) is 15.2 Å². The second kappa shape index (κ2) is 7.79. The molecule has 0 radical (unpaired) electrons. The van der Waals surface area contributed by atoms with Crippen molar-refractivity contribution in [1.29, 1.82) is 0 Å². The van der Waals surface area contributed by atoms with Crippen LogP contribution in [0, 0.1) is 0 Å². The number of nitrogens with zero attached hydrogens (tertiary/aromatic N) is 2. The van der Waals surface area contributed by atoms with Gasteiger partial charge in [0.1, 0.15) is 5.52 Å². The van der Waals surface area contributed by atoms with Crippen LogP contribution in [0.15, 0.2) is 18.2 Å². The Hall–Kier alpha value is -1.88. The SMILES string of the molecule is CCCCCCNc1ccc2nc(N)c3nc(CCC)sc3c2c1. The second-order valence-corrected chi connectivity index (χ2v) is 7.34. The summed E-state index contributed by atoms with van der Waals surface area (Å²) in [6.45, 7) is 5.43. The number of nitrogens with one attached hydrogen (secondary N) is 1. The summed E-state index contributed by atoms with van der Waals surface area (Å²) in [7, 11) is 0. The van der Waals surface area contributed by atoms with E-state index in [-0.39, 0.29) is 0 Å². The molecule has 2 aromatic heterocycles. The number of fused-ring (bicyclic) bond motifs is 3. The molecule has 0 saturated heterocycles. The van der Waals surface area contributed by atoms with Gasteiger partial charge in [-0.3, -0.25) is 0 Å². The van der Waals surface area contributed by atoms with Crippen LogP contribution >= 0.6 is 11.3 Å². The third-order valence-corrected chi connectivity index (χ3v) is 5.37. The summed E-state index contributed by atoms with van der Waals surface area (Å²) in [5.74, 6) is 0.538. The molecule has 1 aromatic carbocycles. The zero-order chi connectivity index (χ0) is 16.9. The molecular formula is C19H26N4S. The first-order chi connectivity index (χ1) is 11.7. The van der Waals surface area contributed by atoms with E-state index >= 15 is 0 Å². The molecule has 0 unspecified atom stereocenters. The summed E-state index contributed by atoms with van der Waals surface area (Å²) >= 11 is 1.75. The summed E-state index contributed by atoms with van der Waals surface area (Å²) in [5, 5.41) is 5.83. The standard InChI is InChI=1S/C19H26N4S/c1-3-5-6-7-11-21-13-9-10-15-14(12-13)18-17(19(20)22-15)23-16(24-18)8-4-2/h9-10,12,21H,3-8,11H2,1-2H3,(H2,20,22). The molecule has 0 atom stereocenters. The van der Waals surface area contributed by atoms with Crippen LogP contribution < -0.4 is 11.1 Å². The average Bonchev–Trinajstić information content (AvgIpc) is 3.00. The van der Waals surface area contributed by atoms with Crippen LogP contribution in [0.1, 0.15) is 51.0 Å². The van der Waals surface area contributed by atoms with Crippen molar-refractivity contribution in [3.63, 3.8) is 0 Å². The van der Waals surface area contributed by atoms with Crippen LogP contribution in [0.2, 0.25) is 0 Å². The number of nitrogens with two attached hydrogens (primary N) is 1. The minimum Gasteiger partial charge on any atom is -0.385 e. The number of hydrogen-bond donors (Lipinski definition) is 2. The fraction of sp³-hybridized carbons (Fsp3) is 0.474. The van der Waals surface area contributed by atoms with E-state index in [1.807, 2.05) is 0 Å². The lowest BCUT2D eigenvalue weighted by molar-refractivity contribution is 0.685. The number of hydrogen-bond acceptors (Lipinski definition) is 5. The van der Waals surface area contributed by atoms with Crippen molar-refractivity contribution in [2.75, 3.05) is 17.6 Å². The molecule has 0 aliphatic rings. The first-order valence-corrected chi connectivity index (χ1v) is 9.77. The zero-order valence-corrected chi connectivity index (χ0v) is 15.4. The van der Waals surface area contributed by atoms with Crippen molar-refractivity contribution in [3.05, 3.63) is 23.2 Å². The lowest BCUT2D eigenvalue weighted by Crippen LogP contribution is -2.01. The fourth-order valence-electron chi connectivity index (χ4n) is 2.93. The molecule has 0 fully saturated rings. The van der Waals surface area contributed by atoms with Gasteiger partial charge in [0, 0.05) is 17.6 Å². The topological polar surface area (TPSA) is 63.8 Å². The summed E-state index contributed by atoms with van der Waals surface area (Å²) in [4.78, 5) is 9.22. The Morgan fingerprint density at radius 2 is 1.96 bits per heavy atom. The normalized spacial score (nSPS) is 11.4. The molecule has 2 heterocycles. The molecule has 3 aromatic rings. The van der Waals surface area contributed by atoms with Gasteiger partial charge in [0.25, 0.3) is 0 Å². The lowest BCUT2D eigenvalue weighted by atomic mass is 10.1. The van der Waals surface area contributed by atoms with Crippen molar-refractivity contribution in [1.82, 2.24) is 9.97 Å². The minimum absolute atomic E-state index is 0.538. The van der Waals surface area contributed by atoms with Crippen molar-refractivity contribution in [3.8, 4) is 0 Å². The highest BCUT2D eigenvalue weighted by molar-refractivity contribution is 7.19. The van der Waals surface area contributed by atoms with E-state index in [2.05, 4.69) is 47.3 Å². The predicted octanol–water partition coefficient (Wildman–Crippen LogP) is 5.37. The number of rotatable bonds is 8. The number of aryl methyl sites for hydroxylation is 1. The maximum atomic E-state index is 6.11. The number of nitrogen functional groups attached to an aromatic ring is 1. The molecular weight excluding hydrogens is 316 g/mol. The Labute approximate surface area is 147 Å². The highest BCUT2D eigenvalue weighted by Crippen LogP contribution is 2.34. The van der Waals surface area contributed by atoms with E-state index in [0.29, 0.717) is 5.82 Å². The fourth-order valence-corrected chi connectivity index (χ4v) is 4.13. The second-order valence-electron chi connectivity index (χ2n) is 6.25. The molecule has 5 heteroatoms. The number of thiazole rings is 1. The Morgan fingerprint density at radius 1 is 1.08 bits per heavy atom. The van der Waals surface area contributed by atoms with Crippen LogP contribution in [-0.4, -0.2) is 16.5 Å². The van der Waals surface area contributed by atoms with E-state index < -0.39 is 0 Å². The number of pyridine rings is 1. The summed E-state index contributed by atoms with van der Waals surface area (Å²) in [6.07, 6.45) is 7.17. The Balaban J connectivity index is 1.89. The largest absolute Gasteiger partial charge is 0.385 e. The molecule has 0 saturated carbocycles. The highest BCUT2D eigenvalue weighted by atomic mass is 32.1. The first-order valence-electron chi connectivity index (χ1n) is 8.95. The number of benzene rings is 1. The monoisotopic (exact) mass is 342 g/mol.